The van der Waals surface area contributed by atoms with Crippen LogP contribution in [0, 0.1) is 36.7 Å². The van der Waals surface area contributed by atoms with E-state index in [2.05, 4.69) is 53.0 Å². The van der Waals surface area contributed by atoms with Gasteiger partial charge in [-0.15, -0.1) is 65.2 Å². The fraction of sp³-hybridized carbons (Fsp3) is 0.0270. The van der Waals surface area contributed by atoms with Crippen molar-refractivity contribution in [1.29, 1.82) is 0 Å². The molecule has 0 saturated carbocycles. The molecule has 0 atom stereocenters. The summed E-state index contributed by atoms with van der Waals surface area (Å²) >= 11 is 0. The number of rotatable bonds is 3. The van der Waals surface area contributed by atoms with Crippen molar-refractivity contribution in [3.8, 4) is 45.5 Å². The van der Waals surface area contributed by atoms with E-state index >= 15 is 0 Å². The number of hydrogen-bond acceptors (Lipinski definition) is 2. The van der Waals surface area contributed by atoms with Crippen LogP contribution in [-0.2, 0) is 20.1 Å². The maximum absolute atomic E-state index is 12.9. The number of nitrogens with zero attached hydrogens (tertiary/aromatic N) is 2. The fourth-order valence-electron chi connectivity index (χ4n) is 3.89. The summed E-state index contributed by atoms with van der Waals surface area (Å²) in [7, 11) is 0. The maximum Gasteiger partial charge on any atom is 0.123 e. The number of halogens is 1. The second kappa shape index (κ2) is 14.6. The molecule has 0 spiro atoms. The summed E-state index contributed by atoms with van der Waals surface area (Å²) in [6, 6.07) is 44.6. The number of aromatic nitrogens is 2. The number of aryl methyl sites for hydroxylation is 1. The molecule has 6 aromatic rings. The number of pyridine rings is 2. The van der Waals surface area contributed by atoms with Gasteiger partial charge in [-0.1, -0.05) is 66.3 Å². The fourth-order valence-corrected chi connectivity index (χ4v) is 3.89. The van der Waals surface area contributed by atoms with Gasteiger partial charge < -0.3 is 9.97 Å². The first kappa shape index (κ1) is 29.3. The zero-order valence-electron chi connectivity index (χ0n) is 22.3. The Balaban J connectivity index is 0.000000233. The molecule has 0 fully saturated rings. The zero-order valence-corrected chi connectivity index (χ0v) is 24.7. The van der Waals surface area contributed by atoms with Crippen molar-refractivity contribution in [1.82, 2.24) is 9.97 Å². The summed E-state index contributed by atoms with van der Waals surface area (Å²) in [4.78, 5) is 8.59. The molecule has 2 aromatic heterocycles. The molecule has 0 saturated heterocycles. The number of benzene rings is 4. The molecule has 1 radical (unpaired) electrons. The number of hydrogen-bond donors (Lipinski definition) is 0. The first-order valence-corrected chi connectivity index (χ1v) is 12.8. The Labute approximate surface area is 254 Å². The Morgan fingerprint density at radius 2 is 1.07 bits per heavy atom. The molecule has 2 heterocycles. The molecule has 0 aliphatic carbocycles. The van der Waals surface area contributed by atoms with Crippen LogP contribution in [-0.4, -0.2) is 9.97 Å². The summed E-state index contributed by atoms with van der Waals surface area (Å²) in [6.07, 6.45) is 3.58. The van der Waals surface area contributed by atoms with Crippen molar-refractivity contribution in [2.75, 3.05) is 0 Å². The zero-order chi connectivity index (χ0) is 27.6. The van der Waals surface area contributed by atoms with Gasteiger partial charge in [0.2, 0.25) is 0 Å². The summed E-state index contributed by atoms with van der Waals surface area (Å²) in [6.45, 7) is 2.05. The van der Waals surface area contributed by atoms with Gasteiger partial charge in [-0.05, 0) is 59.9 Å². The van der Waals surface area contributed by atoms with Gasteiger partial charge in [-0.2, -0.15) is 0 Å². The van der Waals surface area contributed by atoms with Crippen LogP contribution in [0.3, 0.4) is 0 Å². The summed E-state index contributed by atoms with van der Waals surface area (Å²) in [5, 5.41) is 0. The molecule has 6 rings (SSSR count). The Morgan fingerprint density at radius 1 is 0.561 bits per heavy atom. The summed E-state index contributed by atoms with van der Waals surface area (Å²) in [5.74, 6) is 5.89. The van der Waals surface area contributed by atoms with Gasteiger partial charge in [0.25, 0.3) is 0 Å². The van der Waals surface area contributed by atoms with Crippen molar-refractivity contribution in [3.05, 3.63) is 168 Å². The summed E-state index contributed by atoms with van der Waals surface area (Å²) in [5.41, 5.74) is 9.03. The van der Waals surface area contributed by atoms with Crippen LogP contribution < -0.4 is 0 Å². The van der Waals surface area contributed by atoms with E-state index in [1.54, 1.807) is 24.5 Å². The van der Waals surface area contributed by atoms with E-state index < -0.39 is 0 Å². The molecule has 0 bridgehead atoms. The monoisotopic (exact) mass is 709 g/mol. The van der Waals surface area contributed by atoms with Gasteiger partial charge >= 0.3 is 0 Å². The standard InChI is InChI=1S/C25H15FN.C12H10N.Ir/c26-24-16-8-20(9-17-24)5-4-19-6-10-21(11-7-19)22-12-14-23(15-13-22)25-3-1-2-18-27-25;1-10-5-7-11(8-6-10)12-4-2-3-9-13-12;/h1-3,6-14,16-18H;2-7,9H,1H3;/q2*-1;. The average Bonchev–Trinajstić information content (AvgIpc) is 3.03. The van der Waals surface area contributed by atoms with Crippen molar-refractivity contribution < 1.29 is 24.5 Å². The smallest absolute Gasteiger partial charge is 0.123 e. The minimum Gasteiger partial charge on any atom is -0.305 e. The van der Waals surface area contributed by atoms with Crippen LogP contribution in [0.4, 0.5) is 4.39 Å². The van der Waals surface area contributed by atoms with E-state index in [0.717, 1.165) is 44.8 Å². The van der Waals surface area contributed by atoms with Gasteiger partial charge in [0.05, 0.1) is 0 Å². The van der Waals surface area contributed by atoms with Crippen LogP contribution in [0.5, 0.6) is 0 Å². The topological polar surface area (TPSA) is 25.8 Å². The van der Waals surface area contributed by atoms with Crippen LogP contribution in [0.25, 0.3) is 33.6 Å². The normalized spacial score (nSPS) is 9.80. The van der Waals surface area contributed by atoms with Crippen molar-refractivity contribution in [3.63, 3.8) is 0 Å². The minimum atomic E-state index is -0.254. The molecular weight excluding hydrogens is 684 g/mol. The van der Waals surface area contributed by atoms with E-state index in [1.807, 2.05) is 84.9 Å². The van der Waals surface area contributed by atoms with Gasteiger partial charge in [-0.3, -0.25) is 0 Å². The van der Waals surface area contributed by atoms with Crippen LogP contribution in [0.1, 0.15) is 16.7 Å². The average molecular weight is 709 g/mol. The van der Waals surface area contributed by atoms with E-state index in [9.17, 15) is 4.39 Å². The molecule has 4 aromatic carbocycles. The third kappa shape index (κ3) is 8.40. The largest absolute Gasteiger partial charge is 0.305 e. The van der Waals surface area contributed by atoms with Gasteiger partial charge in [0, 0.05) is 43.6 Å². The third-order valence-corrected chi connectivity index (χ3v) is 6.08. The van der Waals surface area contributed by atoms with E-state index in [0.29, 0.717) is 0 Å². The first-order valence-electron chi connectivity index (χ1n) is 12.8. The van der Waals surface area contributed by atoms with E-state index in [-0.39, 0.29) is 25.9 Å². The molecule has 41 heavy (non-hydrogen) atoms. The van der Waals surface area contributed by atoms with Crippen molar-refractivity contribution in [2.45, 2.75) is 6.92 Å². The Hall–Kier alpha value is -4.68. The van der Waals surface area contributed by atoms with Crippen LogP contribution in [0.2, 0.25) is 0 Å². The molecule has 0 aliphatic heterocycles. The molecule has 0 N–H and O–H groups in total. The Kier molecular flexibility index (Phi) is 10.5. The van der Waals surface area contributed by atoms with Crippen LogP contribution in [0.15, 0.2) is 134 Å². The Morgan fingerprint density at radius 3 is 1.54 bits per heavy atom. The van der Waals surface area contributed by atoms with Gasteiger partial charge in [0.1, 0.15) is 5.82 Å². The SMILES string of the molecule is Cc1c[c-]c(-c2ccccn2)cc1.Fc1ccc(C#Cc2ccc(-c3c[c-]c(-c4ccccn4)cc3)cc2)cc1.[Ir]. The summed E-state index contributed by atoms with van der Waals surface area (Å²) < 4.78 is 12.9. The van der Waals surface area contributed by atoms with Gasteiger partial charge in [0.15, 0.2) is 0 Å². The van der Waals surface area contributed by atoms with E-state index in [1.165, 1.54) is 17.7 Å². The van der Waals surface area contributed by atoms with Crippen molar-refractivity contribution in [2.24, 2.45) is 0 Å². The second-order valence-corrected chi connectivity index (χ2v) is 9.03. The predicted octanol–water partition coefficient (Wildman–Crippen LogP) is 8.61. The molecule has 0 amide bonds. The second-order valence-electron chi connectivity index (χ2n) is 9.03. The molecule has 0 unspecified atom stereocenters. The predicted molar refractivity (Wildman–Crippen MR) is 160 cm³/mol. The minimum absolute atomic E-state index is 0. The molecule has 201 valence electrons. The first-order chi connectivity index (χ1) is 19.6. The molecule has 2 nitrogen and oxygen atoms in total. The molecule has 0 aliphatic rings. The van der Waals surface area contributed by atoms with Gasteiger partial charge in [-0.25, -0.2) is 4.39 Å². The third-order valence-electron chi connectivity index (χ3n) is 6.08. The molecule has 4 heteroatoms. The molecular formula is C37H25FIrN2-2. The Bertz CT molecular complexity index is 1710. The van der Waals surface area contributed by atoms with E-state index in [4.69, 9.17) is 0 Å². The van der Waals surface area contributed by atoms with Crippen LogP contribution >= 0.6 is 0 Å². The maximum atomic E-state index is 12.9. The quantitative estimate of drug-likeness (QED) is 0.136. The van der Waals surface area contributed by atoms with Crippen molar-refractivity contribution >= 4 is 0 Å².